The summed E-state index contributed by atoms with van der Waals surface area (Å²) in [6, 6.07) is 9.59. The van der Waals surface area contributed by atoms with Crippen molar-refractivity contribution in [1.82, 2.24) is 15.3 Å². The van der Waals surface area contributed by atoms with Crippen molar-refractivity contribution in [2.45, 2.75) is 13.1 Å². The predicted octanol–water partition coefficient (Wildman–Crippen LogP) is 1.36. The van der Waals surface area contributed by atoms with Crippen LogP contribution in [0, 0.1) is 0 Å². The molecule has 0 amide bonds. The van der Waals surface area contributed by atoms with Crippen LogP contribution in [0.3, 0.4) is 0 Å². The molecular weight excluding hydrogens is 228 g/mol. The van der Waals surface area contributed by atoms with Crippen LogP contribution in [0.25, 0.3) is 0 Å². The molecule has 94 valence electrons. The summed E-state index contributed by atoms with van der Waals surface area (Å²) < 4.78 is 5.10. The first-order chi connectivity index (χ1) is 8.78. The third-order valence-corrected chi connectivity index (χ3v) is 2.50. The predicted molar refractivity (Wildman–Crippen MR) is 70.0 cm³/mol. The van der Waals surface area contributed by atoms with Crippen molar-refractivity contribution in [3.63, 3.8) is 0 Å². The summed E-state index contributed by atoms with van der Waals surface area (Å²) in [7, 11) is 1.66. The second-order valence-electron chi connectivity index (χ2n) is 3.85. The van der Waals surface area contributed by atoms with Crippen LogP contribution in [0.15, 0.2) is 36.5 Å². The molecule has 3 N–H and O–H groups in total. The van der Waals surface area contributed by atoms with Gasteiger partial charge in [0.2, 0.25) is 0 Å². The van der Waals surface area contributed by atoms with Crippen molar-refractivity contribution >= 4 is 5.82 Å². The number of hydrogen-bond donors (Lipinski definition) is 2. The van der Waals surface area contributed by atoms with Crippen LogP contribution in [0.5, 0.6) is 5.75 Å². The average Bonchev–Trinajstić information content (AvgIpc) is 2.40. The van der Waals surface area contributed by atoms with E-state index in [2.05, 4.69) is 15.3 Å². The highest BCUT2D eigenvalue weighted by atomic mass is 16.5. The molecule has 0 bridgehead atoms. The van der Waals surface area contributed by atoms with Crippen molar-refractivity contribution in [2.75, 3.05) is 12.8 Å². The normalized spacial score (nSPS) is 10.3. The quantitative estimate of drug-likeness (QED) is 0.830. The van der Waals surface area contributed by atoms with Gasteiger partial charge in [0, 0.05) is 12.7 Å². The van der Waals surface area contributed by atoms with Gasteiger partial charge in [-0.25, -0.2) is 9.97 Å². The summed E-state index contributed by atoms with van der Waals surface area (Å²) in [6.07, 6.45) is 1.66. The first-order valence-electron chi connectivity index (χ1n) is 5.69. The molecular formula is C13H16N4O. The van der Waals surface area contributed by atoms with E-state index in [1.165, 1.54) is 5.56 Å². The molecule has 0 fully saturated rings. The molecule has 0 unspecified atom stereocenters. The van der Waals surface area contributed by atoms with Crippen LogP contribution < -0.4 is 15.8 Å². The van der Waals surface area contributed by atoms with Gasteiger partial charge in [-0.3, -0.25) is 0 Å². The van der Waals surface area contributed by atoms with Crippen molar-refractivity contribution in [2.24, 2.45) is 0 Å². The Morgan fingerprint density at radius 2 is 1.94 bits per heavy atom. The fraction of sp³-hybridized carbons (Fsp3) is 0.231. The van der Waals surface area contributed by atoms with Gasteiger partial charge in [-0.1, -0.05) is 12.1 Å². The van der Waals surface area contributed by atoms with Crippen LogP contribution in [0.2, 0.25) is 0 Å². The van der Waals surface area contributed by atoms with E-state index in [4.69, 9.17) is 10.5 Å². The number of hydrogen-bond acceptors (Lipinski definition) is 5. The molecule has 1 heterocycles. The van der Waals surface area contributed by atoms with E-state index >= 15 is 0 Å². The minimum Gasteiger partial charge on any atom is -0.497 e. The zero-order valence-corrected chi connectivity index (χ0v) is 10.3. The molecule has 18 heavy (non-hydrogen) atoms. The third-order valence-electron chi connectivity index (χ3n) is 2.50. The largest absolute Gasteiger partial charge is 0.497 e. The summed E-state index contributed by atoms with van der Waals surface area (Å²) >= 11 is 0. The van der Waals surface area contributed by atoms with E-state index in [9.17, 15) is 0 Å². The third kappa shape index (κ3) is 3.43. The maximum Gasteiger partial charge on any atom is 0.144 e. The molecule has 0 aliphatic heterocycles. The summed E-state index contributed by atoms with van der Waals surface area (Å²) in [5.74, 6) is 2.05. The maximum absolute atomic E-state index is 5.58. The smallest absolute Gasteiger partial charge is 0.144 e. The number of benzene rings is 1. The Morgan fingerprint density at radius 3 is 2.61 bits per heavy atom. The number of nitrogens with two attached hydrogens (primary N) is 1. The molecule has 0 spiro atoms. The second-order valence-corrected chi connectivity index (χ2v) is 3.85. The molecule has 1 aromatic carbocycles. The molecule has 2 rings (SSSR count). The summed E-state index contributed by atoms with van der Waals surface area (Å²) in [5, 5.41) is 3.26. The number of nitrogens with one attached hydrogen (secondary N) is 1. The molecule has 0 atom stereocenters. The van der Waals surface area contributed by atoms with Crippen molar-refractivity contribution in [3.05, 3.63) is 47.9 Å². The summed E-state index contributed by atoms with van der Waals surface area (Å²) in [4.78, 5) is 8.24. The molecule has 5 heteroatoms. The van der Waals surface area contributed by atoms with Gasteiger partial charge in [-0.2, -0.15) is 0 Å². The van der Waals surface area contributed by atoms with Crippen molar-refractivity contribution in [3.8, 4) is 5.75 Å². The Bertz CT molecular complexity index is 499. The first-order valence-corrected chi connectivity index (χ1v) is 5.69. The SMILES string of the molecule is COc1ccc(CNCc2nccc(N)n2)cc1. The highest BCUT2D eigenvalue weighted by Gasteiger charge is 1.98. The van der Waals surface area contributed by atoms with Gasteiger partial charge in [0.05, 0.1) is 13.7 Å². The van der Waals surface area contributed by atoms with Crippen molar-refractivity contribution in [1.29, 1.82) is 0 Å². The van der Waals surface area contributed by atoms with E-state index in [1.807, 2.05) is 24.3 Å². The highest BCUT2D eigenvalue weighted by Crippen LogP contribution is 2.10. The molecule has 0 aliphatic rings. The van der Waals surface area contributed by atoms with Gasteiger partial charge in [-0.05, 0) is 23.8 Å². The van der Waals surface area contributed by atoms with E-state index < -0.39 is 0 Å². The minimum absolute atomic E-state index is 0.492. The lowest BCUT2D eigenvalue weighted by atomic mass is 10.2. The summed E-state index contributed by atoms with van der Waals surface area (Å²) in [5.41, 5.74) is 6.76. The summed E-state index contributed by atoms with van der Waals surface area (Å²) in [6.45, 7) is 1.35. The molecule has 0 saturated heterocycles. The second kappa shape index (κ2) is 5.97. The van der Waals surface area contributed by atoms with Gasteiger partial charge in [-0.15, -0.1) is 0 Å². The number of ether oxygens (including phenoxy) is 1. The van der Waals surface area contributed by atoms with Crippen LogP contribution in [-0.4, -0.2) is 17.1 Å². The Labute approximate surface area is 106 Å². The average molecular weight is 244 g/mol. The molecule has 0 aliphatic carbocycles. The molecule has 2 aromatic rings. The maximum atomic E-state index is 5.58. The number of nitrogens with zero attached hydrogens (tertiary/aromatic N) is 2. The lowest BCUT2D eigenvalue weighted by Gasteiger charge is -2.05. The molecule has 0 radical (unpaired) electrons. The number of anilines is 1. The Balaban J connectivity index is 1.84. The number of aromatic nitrogens is 2. The minimum atomic E-state index is 0.492. The molecule has 0 saturated carbocycles. The van der Waals surface area contributed by atoms with E-state index in [0.29, 0.717) is 18.2 Å². The molecule has 5 nitrogen and oxygen atoms in total. The van der Waals surface area contributed by atoms with Crippen LogP contribution in [-0.2, 0) is 13.1 Å². The topological polar surface area (TPSA) is 73.1 Å². The lowest BCUT2D eigenvalue weighted by molar-refractivity contribution is 0.414. The standard InChI is InChI=1S/C13H16N4O/c1-18-11-4-2-10(3-5-11)8-15-9-13-16-7-6-12(14)17-13/h2-7,15H,8-9H2,1H3,(H2,14,16,17). The fourth-order valence-corrected chi connectivity index (χ4v) is 1.56. The fourth-order valence-electron chi connectivity index (χ4n) is 1.56. The number of rotatable bonds is 5. The van der Waals surface area contributed by atoms with Crippen LogP contribution >= 0.6 is 0 Å². The zero-order valence-electron chi connectivity index (χ0n) is 10.3. The monoisotopic (exact) mass is 244 g/mol. The number of methoxy groups -OCH3 is 1. The Hall–Kier alpha value is -2.14. The van der Waals surface area contributed by atoms with Gasteiger partial charge < -0.3 is 15.8 Å². The number of nitrogen functional groups attached to an aromatic ring is 1. The van der Waals surface area contributed by atoms with Crippen molar-refractivity contribution < 1.29 is 4.74 Å². The molecule has 1 aromatic heterocycles. The zero-order chi connectivity index (χ0) is 12.8. The van der Waals surface area contributed by atoms with E-state index in [0.717, 1.165) is 12.3 Å². The first kappa shape index (κ1) is 12.3. The van der Waals surface area contributed by atoms with Gasteiger partial charge in [0.1, 0.15) is 17.4 Å². The Kier molecular flexibility index (Phi) is 4.09. The highest BCUT2D eigenvalue weighted by molar-refractivity contribution is 5.27. The van der Waals surface area contributed by atoms with Gasteiger partial charge in [0.25, 0.3) is 0 Å². The van der Waals surface area contributed by atoms with E-state index in [-0.39, 0.29) is 0 Å². The van der Waals surface area contributed by atoms with E-state index in [1.54, 1.807) is 19.4 Å². The van der Waals surface area contributed by atoms with Crippen LogP contribution in [0.4, 0.5) is 5.82 Å². The van der Waals surface area contributed by atoms with Crippen LogP contribution in [0.1, 0.15) is 11.4 Å². The van der Waals surface area contributed by atoms with Gasteiger partial charge in [0.15, 0.2) is 0 Å². The Morgan fingerprint density at radius 1 is 1.17 bits per heavy atom. The lowest BCUT2D eigenvalue weighted by Crippen LogP contribution is -2.15. The van der Waals surface area contributed by atoms with Gasteiger partial charge >= 0.3 is 0 Å².